The second-order valence-electron chi connectivity index (χ2n) is 10.5. The zero-order valence-corrected chi connectivity index (χ0v) is 22.7. The number of pyridine rings is 1. The van der Waals surface area contributed by atoms with Crippen molar-refractivity contribution in [3.63, 3.8) is 0 Å². The van der Waals surface area contributed by atoms with Gasteiger partial charge in [-0.25, -0.2) is 9.97 Å². The van der Waals surface area contributed by atoms with E-state index in [0.717, 1.165) is 73.8 Å². The third-order valence-corrected chi connectivity index (χ3v) is 8.34. The van der Waals surface area contributed by atoms with Gasteiger partial charge in [-0.3, -0.25) is 9.36 Å². The predicted molar refractivity (Wildman–Crippen MR) is 144 cm³/mol. The molecule has 7 nitrogen and oxygen atoms in total. The Labute approximate surface area is 234 Å². The fraction of sp³-hybridized carbons (Fsp3) is 0.519. The summed E-state index contributed by atoms with van der Waals surface area (Å²) in [6.45, 7) is 0.687. The van der Waals surface area contributed by atoms with Gasteiger partial charge in [0.05, 0.1) is 22.3 Å². The van der Waals surface area contributed by atoms with Crippen LogP contribution in [0.15, 0.2) is 30.3 Å². The van der Waals surface area contributed by atoms with E-state index in [1.165, 1.54) is 0 Å². The highest BCUT2D eigenvalue weighted by atomic mass is 35.5. The molecule has 0 radical (unpaired) electrons. The molecule has 5 rings (SSSR count). The van der Waals surface area contributed by atoms with Crippen LogP contribution < -0.4 is 10.6 Å². The van der Waals surface area contributed by atoms with Crippen molar-refractivity contribution >= 4 is 46.2 Å². The minimum absolute atomic E-state index is 0.00970. The number of aliphatic hydroxyl groups excluding tert-OH is 1. The second-order valence-corrected chi connectivity index (χ2v) is 11.3. The average Bonchev–Trinajstić information content (AvgIpc) is 3.25. The number of carbonyl (C=O) groups is 1. The number of hydrogen-bond donors (Lipinski definition) is 3. The number of imidazole rings is 1. The normalized spacial score (nSPS) is 24.1. The zero-order valence-electron chi connectivity index (χ0n) is 21.1. The van der Waals surface area contributed by atoms with Crippen molar-refractivity contribution in [1.82, 2.24) is 19.9 Å². The summed E-state index contributed by atoms with van der Waals surface area (Å²) in [5, 5.41) is 16.7. The van der Waals surface area contributed by atoms with E-state index in [2.05, 4.69) is 20.2 Å². The first-order valence-electron chi connectivity index (χ1n) is 13.2. The van der Waals surface area contributed by atoms with Crippen LogP contribution in [0.2, 0.25) is 10.2 Å². The predicted octanol–water partition coefficient (Wildman–Crippen LogP) is 6.63. The van der Waals surface area contributed by atoms with E-state index in [4.69, 9.17) is 28.2 Å². The molecule has 0 unspecified atom stereocenters. The highest BCUT2D eigenvalue weighted by molar-refractivity contribution is 6.33. The number of halogens is 5. The van der Waals surface area contributed by atoms with Crippen LogP contribution in [0, 0.1) is 5.92 Å². The van der Waals surface area contributed by atoms with Crippen molar-refractivity contribution in [1.29, 1.82) is 0 Å². The Kier molecular flexibility index (Phi) is 8.26. The largest absolute Gasteiger partial charge is 0.416 e. The van der Waals surface area contributed by atoms with Crippen LogP contribution in [0.5, 0.6) is 0 Å². The first kappa shape index (κ1) is 28.0. The fourth-order valence-corrected chi connectivity index (χ4v) is 5.97. The number of anilines is 1. The van der Waals surface area contributed by atoms with E-state index in [9.17, 15) is 23.1 Å². The zero-order chi connectivity index (χ0) is 27.7. The van der Waals surface area contributed by atoms with Gasteiger partial charge in [0.1, 0.15) is 10.7 Å². The summed E-state index contributed by atoms with van der Waals surface area (Å²) in [5.41, 5.74) is 0.414. The summed E-state index contributed by atoms with van der Waals surface area (Å²) in [4.78, 5) is 22.0. The lowest BCUT2D eigenvalue weighted by atomic mass is 9.86. The molecule has 0 saturated heterocycles. The Morgan fingerprint density at radius 3 is 2.41 bits per heavy atom. The van der Waals surface area contributed by atoms with Crippen LogP contribution in [0.4, 0.5) is 19.1 Å². The summed E-state index contributed by atoms with van der Waals surface area (Å²) in [6.07, 6.45) is 1.40. The maximum atomic E-state index is 13.1. The number of carbonyl (C=O) groups excluding carboxylic acids is 1. The Hall–Kier alpha value is -2.56. The van der Waals surface area contributed by atoms with E-state index >= 15 is 0 Å². The molecule has 1 aromatic carbocycles. The van der Waals surface area contributed by atoms with Crippen molar-refractivity contribution in [2.45, 2.75) is 75.7 Å². The highest BCUT2D eigenvalue weighted by Crippen LogP contribution is 2.35. The lowest BCUT2D eigenvalue weighted by Gasteiger charge is -2.30. The second kappa shape index (κ2) is 11.5. The summed E-state index contributed by atoms with van der Waals surface area (Å²) in [5.74, 6) is 0.481. The van der Waals surface area contributed by atoms with Crippen LogP contribution in [-0.2, 0) is 6.18 Å². The Morgan fingerprint density at radius 1 is 1.00 bits per heavy atom. The smallest absolute Gasteiger partial charge is 0.393 e. The molecule has 0 atom stereocenters. The average molecular weight is 584 g/mol. The van der Waals surface area contributed by atoms with E-state index in [1.54, 1.807) is 6.07 Å². The third kappa shape index (κ3) is 6.44. The molecule has 2 saturated carbocycles. The Balaban J connectivity index is 1.20. The molecule has 3 aromatic rings. The van der Waals surface area contributed by atoms with Gasteiger partial charge in [0, 0.05) is 18.6 Å². The van der Waals surface area contributed by atoms with Gasteiger partial charge in [0.15, 0.2) is 5.65 Å². The lowest BCUT2D eigenvalue weighted by Crippen LogP contribution is -2.38. The molecule has 0 aliphatic heterocycles. The topological polar surface area (TPSA) is 92.1 Å². The number of nitrogens with zero attached hydrogens (tertiary/aromatic N) is 3. The molecule has 39 heavy (non-hydrogen) atoms. The molecule has 2 fully saturated rings. The standard InChI is InChI=1S/C27H30Cl2F3N5O2/c28-21-10-3-16(27(30,31)32)13-20(21)25(39)34-17-4-1-15(2-5-17)14-33-26-35-22-11-12-23(29)36-24(22)37(26)18-6-8-19(38)9-7-18/h3,10-13,15,17-19,38H,1-2,4-9,14H2,(H,33,35)(H,34,39)/t15-,17-,18-,19-. The number of alkyl halides is 3. The number of aromatic nitrogens is 3. The molecule has 0 spiro atoms. The SMILES string of the molecule is O=C(N[C@H]1CC[C@H](CNc2nc3ccc(Cl)nc3n2[C@H]2CC[C@H](O)CC2)CC1)c1cc(C(F)(F)F)ccc1Cl. The number of rotatable bonds is 6. The maximum Gasteiger partial charge on any atom is 0.416 e. The lowest BCUT2D eigenvalue weighted by molar-refractivity contribution is -0.137. The number of aliphatic hydroxyl groups is 1. The minimum atomic E-state index is -4.55. The van der Waals surface area contributed by atoms with E-state index in [-0.39, 0.29) is 28.8 Å². The quantitative estimate of drug-likeness (QED) is 0.283. The van der Waals surface area contributed by atoms with Crippen molar-refractivity contribution < 1.29 is 23.1 Å². The summed E-state index contributed by atoms with van der Waals surface area (Å²) >= 11 is 12.2. The van der Waals surface area contributed by atoms with Gasteiger partial charge >= 0.3 is 6.18 Å². The molecule has 2 aromatic heterocycles. The molecular formula is C27H30Cl2F3N5O2. The molecule has 0 bridgehead atoms. The van der Waals surface area contributed by atoms with Crippen LogP contribution in [0.25, 0.3) is 11.2 Å². The van der Waals surface area contributed by atoms with Crippen LogP contribution in [0.3, 0.4) is 0 Å². The van der Waals surface area contributed by atoms with Crippen molar-refractivity contribution in [2.24, 2.45) is 5.92 Å². The van der Waals surface area contributed by atoms with Crippen molar-refractivity contribution in [3.8, 4) is 0 Å². The molecular weight excluding hydrogens is 554 g/mol. The van der Waals surface area contributed by atoms with Gasteiger partial charge in [-0.05, 0) is 87.6 Å². The maximum absolute atomic E-state index is 13.1. The van der Waals surface area contributed by atoms with Gasteiger partial charge in [0.25, 0.3) is 5.91 Å². The van der Waals surface area contributed by atoms with Crippen LogP contribution >= 0.6 is 23.2 Å². The van der Waals surface area contributed by atoms with E-state index in [0.29, 0.717) is 30.5 Å². The monoisotopic (exact) mass is 583 g/mol. The molecule has 2 aliphatic carbocycles. The molecule has 210 valence electrons. The first-order valence-corrected chi connectivity index (χ1v) is 14.0. The summed E-state index contributed by atoms with van der Waals surface area (Å²) in [6, 6.07) is 6.38. The number of fused-ring (bicyclic) bond motifs is 1. The molecule has 1 amide bonds. The van der Waals surface area contributed by atoms with Gasteiger partial charge < -0.3 is 15.7 Å². The van der Waals surface area contributed by atoms with Gasteiger partial charge in [0.2, 0.25) is 5.95 Å². The number of benzene rings is 1. The number of amides is 1. The number of nitrogens with one attached hydrogen (secondary N) is 2. The Morgan fingerprint density at radius 2 is 1.72 bits per heavy atom. The minimum Gasteiger partial charge on any atom is -0.393 e. The van der Waals surface area contributed by atoms with Crippen LogP contribution in [-0.4, -0.2) is 44.2 Å². The fourth-order valence-electron chi connectivity index (χ4n) is 5.62. The van der Waals surface area contributed by atoms with Gasteiger partial charge in [-0.15, -0.1) is 0 Å². The number of hydrogen-bond acceptors (Lipinski definition) is 5. The van der Waals surface area contributed by atoms with Crippen molar-refractivity contribution in [2.75, 3.05) is 11.9 Å². The third-order valence-electron chi connectivity index (χ3n) is 7.80. The van der Waals surface area contributed by atoms with Crippen LogP contribution in [0.1, 0.15) is 73.3 Å². The van der Waals surface area contributed by atoms with Crippen molar-refractivity contribution in [3.05, 3.63) is 51.6 Å². The van der Waals surface area contributed by atoms with Gasteiger partial charge in [-0.1, -0.05) is 23.2 Å². The summed E-state index contributed by atoms with van der Waals surface area (Å²) < 4.78 is 41.3. The molecule has 2 heterocycles. The first-order chi connectivity index (χ1) is 18.6. The van der Waals surface area contributed by atoms with Gasteiger partial charge in [-0.2, -0.15) is 13.2 Å². The van der Waals surface area contributed by atoms with E-state index in [1.807, 2.05) is 6.07 Å². The highest BCUT2D eigenvalue weighted by Gasteiger charge is 2.32. The molecule has 2 aliphatic rings. The molecule has 12 heteroatoms. The summed E-state index contributed by atoms with van der Waals surface area (Å²) in [7, 11) is 0. The van der Waals surface area contributed by atoms with E-state index < -0.39 is 17.6 Å². The molecule has 3 N–H and O–H groups in total. The Bertz CT molecular complexity index is 1330.